The van der Waals surface area contributed by atoms with Crippen LogP contribution in [0.5, 0.6) is 0 Å². The van der Waals surface area contributed by atoms with E-state index in [0.717, 1.165) is 75.2 Å². The van der Waals surface area contributed by atoms with E-state index in [2.05, 4.69) is 70.3 Å². The fourth-order valence-corrected chi connectivity index (χ4v) is 16.3. The zero-order chi connectivity index (χ0) is 35.9. The number of hydrogen-bond donors (Lipinski definition) is 2. The molecule has 50 heavy (non-hydrogen) atoms. The average Bonchev–Trinajstić information content (AvgIpc) is 3.44. The van der Waals surface area contributed by atoms with Crippen molar-refractivity contribution >= 4 is 21.4 Å². The van der Waals surface area contributed by atoms with Crippen molar-refractivity contribution in [1.82, 2.24) is 10.2 Å². The molecule has 7 rings (SSSR count). The highest BCUT2D eigenvalue weighted by molar-refractivity contribution is 8.00. The van der Waals surface area contributed by atoms with Gasteiger partial charge in [-0.3, -0.25) is 9.00 Å². The molecule has 5 saturated carbocycles. The Kier molecular flexibility index (Phi) is 9.70. The number of fused-ring (bicyclic) bond motifs is 7. The van der Waals surface area contributed by atoms with Gasteiger partial charge in [0.1, 0.15) is 0 Å². The summed E-state index contributed by atoms with van der Waals surface area (Å²) in [5.74, 6) is 8.94. The quantitative estimate of drug-likeness (QED) is 0.195. The van der Waals surface area contributed by atoms with E-state index in [1.165, 1.54) is 69.8 Å². The van der Waals surface area contributed by atoms with Gasteiger partial charge in [-0.25, -0.2) is 0 Å². The molecule has 0 aromatic carbocycles. The van der Waals surface area contributed by atoms with E-state index in [1.54, 1.807) is 5.57 Å². The van der Waals surface area contributed by atoms with Gasteiger partial charge in [-0.1, -0.05) is 58.4 Å². The summed E-state index contributed by atoms with van der Waals surface area (Å²) in [6, 6.07) is 0. The second kappa shape index (κ2) is 13.0. The van der Waals surface area contributed by atoms with Gasteiger partial charge in [-0.2, -0.15) is 0 Å². The highest BCUT2D eigenvalue weighted by Gasteiger charge is 2.70. The fourth-order valence-electron chi connectivity index (χ4n) is 14.9. The molecule has 1 heterocycles. The molecule has 6 fully saturated rings. The Hall–Kier alpha value is -1.11. The first-order chi connectivity index (χ1) is 23.5. The van der Waals surface area contributed by atoms with Gasteiger partial charge in [0.15, 0.2) is 0 Å². The van der Waals surface area contributed by atoms with Crippen molar-refractivity contribution in [2.24, 2.45) is 63.1 Å². The van der Waals surface area contributed by atoms with Gasteiger partial charge >= 0.3 is 5.97 Å². The van der Waals surface area contributed by atoms with Crippen molar-refractivity contribution in [2.75, 3.05) is 37.7 Å². The van der Waals surface area contributed by atoms with Crippen LogP contribution in [0.25, 0.3) is 0 Å². The normalized spacial score (nSPS) is 46.8. The fraction of sp³-hybridized carbons (Fsp3) is 0.864. The molecule has 0 bridgehead atoms. The molecule has 0 aromatic rings. The van der Waals surface area contributed by atoms with Crippen molar-refractivity contribution in [2.45, 2.75) is 137 Å². The smallest absolute Gasteiger partial charge is 0.306 e. The van der Waals surface area contributed by atoms with Crippen molar-refractivity contribution < 1.29 is 14.1 Å². The van der Waals surface area contributed by atoms with Gasteiger partial charge in [0.05, 0.1) is 5.92 Å². The summed E-state index contributed by atoms with van der Waals surface area (Å²) >= 11 is 0. The summed E-state index contributed by atoms with van der Waals surface area (Å²) in [6.45, 7) is 24.3. The predicted octanol–water partition coefficient (Wildman–Crippen LogP) is 8.84. The third-order valence-electron chi connectivity index (χ3n) is 18.0. The standard InChI is InChI=1S/C44H72N2O3S/c1-30(2)34-16-20-44(45-23-24-46-25-27-50(8,49)28-26-46)22-21-42(6)35(38(34)44)13-14-37-41(5)18-15-33(29-31-9-11-32(12-10-31)39(47)48)40(3,4)36(41)17-19-43(37,42)7/h15,31-32,34-38,45H,1,8-14,16-29H2,2-7H3,(H,47,48)/t31?,32?,34-,35+,36-,37+,38+,41-,42+,43+,44-/m0/s1. The van der Waals surface area contributed by atoms with Gasteiger partial charge in [-0.05, 0) is 169 Å². The zero-order valence-corrected chi connectivity index (χ0v) is 33.6. The van der Waals surface area contributed by atoms with Crippen LogP contribution in [-0.2, 0) is 14.3 Å². The number of carboxylic acids is 1. The first-order valence-electron chi connectivity index (χ1n) is 20.8. The minimum Gasteiger partial charge on any atom is -0.481 e. The highest BCUT2D eigenvalue weighted by Crippen LogP contribution is 2.76. The third-order valence-corrected chi connectivity index (χ3v) is 19.8. The molecule has 0 aromatic heterocycles. The highest BCUT2D eigenvalue weighted by atomic mass is 32.2. The van der Waals surface area contributed by atoms with E-state index in [4.69, 9.17) is 0 Å². The molecule has 0 unspecified atom stereocenters. The number of hydrogen-bond acceptors (Lipinski definition) is 4. The zero-order valence-electron chi connectivity index (χ0n) is 32.8. The number of carbonyl (C=O) groups is 1. The van der Waals surface area contributed by atoms with Crippen LogP contribution in [0.4, 0.5) is 0 Å². The van der Waals surface area contributed by atoms with E-state index < -0.39 is 15.5 Å². The number of aliphatic carboxylic acids is 1. The molecule has 0 amide bonds. The average molecular weight is 709 g/mol. The maximum Gasteiger partial charge on any atom is 0.306 e. The van der Waals surface area contributed by atoms with E-state index in [1.807, 2.05) is 0 Å². The van der Waals surface area contributed by atoms with Gasteiger partial charge in [0.2, 0.25) is 0 Å². The number of allylic oxidation sites excluding steroid dienone is 3. The van der Waals surface area contributed by atoms with Crippen LogP contribution in [0.15, 0.2) is 23.8 Å². The van der Waals surface area contributed by atoms with Gasteiger partial charge < -0.3 is 15.3 Å². The van der Waals surface area contributed by atoms with Crippen molar-refractivity contribution in [3.63, 3.8) is 0 Å². The molecule has 0 spiro atoms. The first-order valence-corrected chi connectivity index (χ1v) is 22.9. The Labute approximate surface area is 306 Å². The Morgan fingerprint density at radius 1 is 0.920 bits per heavy atom. The minimum absolute atomic E-state index is 0.123. The lowest BCUT2D eigenvalue weighted by molar-refractivity contribution is -0.221. The number of nitrogens with zero attached hydrogens (tertiary/aromatic N) is 1. The predicted molar refractivity (Wildman–Crippen MR) is 210 cm³/mol. The second-order valence-corrected chi connectivity index (χ2v) is 23.1. The van der Waals surface area contributed by atoms with Gasteiger partial charge in [0.25, 0.3) is 0 Å². The van der Waals surface area contributed by atoms with Crippen LogP contribution < -0.4 is 5.32 Å². The van der Waals surface area contributed by atoms with Crippen molar-refractivity contribution in [1.29, 1.82) is 0 Å². The monoisotopic (exact) mass is 709 g/mol. The van der Waals surface area contributed by atoms with E-state index in [9.17, 15) is 14.1 Å². The molecule has 1 aliphatic heterocycles. The van der Waals surface area contributed by atoms with Crippen LogP contribution in [0.1, 0.15) is 131 Å². The van der Waals surface area contributed by atoms with Crippen LogP contribution in [0.2, 0.25) is 0 Å². The summed E-state index contributed by atoms with van der Waals surface area (Å²) < 4.78 is 12.5. The van der Waals surface area contributed by atoms with Crippen LogP contribution in [0.3, 0.4) is 0 Å². The molecule has 6 heteroatoms. The molecule has 7 aliphatic rings. The molecule has 1 saturated heterocycles. The SMILES string of the molecule is C=C(C)[C@@H]1CC[C@]2(NCCN3CCS(=C)(=O)CC3)CC[C@]3(C)[C@H](CC[C@@H]4[C@@]5(C)CC=C(CC6CCC(C(=O)O)CC6)C(C)(C)[C@@H]5CC[C@]43C)[C@@H]12. The molecule has 9 atom stereocenters. The Bertz CT molecular complexity index is 1460. The largest absolute Gasteiger partial charge is 0.481 e. The first kappa shape index (κ1) is 37.2. The molecule has 282 valence electrons. The lowest BCUT2D eigenvalue weighted by atomic mass is 9.33. The maximum atomic E-state index is 12.5. The van der Waals surface area contributed by atoms with Crippen LogP contribution in [0, 0.1) is 63.1 Å². The Morgan fingerprint density at radius 2 is 1.62 bits per heavy atom. The van der Waals surface area contributed by atoms with E-state index in [0.29, 0.717) is 39.9 Å². The molecular weight excluding hydrogens is 637 g/mol. The van der Waals surface area contributed by atoms with Crippen LogP contribution in [-0.4, -0.2) is 69.3 Å². The van der Waals surface area contributed by atoms with Crippen LogP contribution >= 0.6 is 0 Å². The summed E-state index contributed by atoms with van der Waals surface area (Å²) in [5.41, 5.74) is 4.55. The Morgan fingerprint density at radius 3 is 2.28 bits per heavy atom. The summed E-state index contributed by atoms with van der Waals surface area (Å²) in [4.78, 5) is 14.1. The summed E-state index contributed by atoms with van der Waals surface area (Å²) in [5, 5.41) is 13.8. The number of nitrogens with one attached hydrogen (secondary N) is 1. The van der Waals surface area contributed by atoms with Crippen molar-refractivity contribution in [3.05, 3.63) is 23.8 Å². The molecule has 5 nitrogen and oxygen atoms in total. The maximum absolute atomic E-state index is 12.5. The molecular formula is C44H72N2O3S. The summed E-state index contributed by atoms with van der Waals surface area (Å²) in [6.07, 6.45) is 19.6. The topological polar surface area (TPSA) is 69.6 Å². The summed E-state index contributed by atoms with van der Waals surface area (Å²) in [7, 11) is -1.85. The second-order valence-electron chi connectivity index (χ2n) is 20.4. The molecule has 0 radical (unpaired) electrons. The minimum atomic E-state index is -1.85. The lowest BCUT2D eigenvalue weighted by Crippen LogP contribution is -2.68. The third kappa shape index (κ3) is 5.94. The number of rotatable bonds is 8. The Balaban J connectivity index is 1.09. The van der Waals surface area contributed by atoms with Gasteiger partial charge in [0, 0.05) is 43.2 Å². The van der Waals surface area contributed by atoms with Crippen molar-refractivity contribution in [3.8, 4) is 0 Å². The van der Waals surface area contributed by atoms with E-state index in [-0.39, 0.29) is 16.9 Å². The molecule has 2 N–H and O–H groups in total. The van der Waals surface area contributed by atoms with Gasteiger partial charge in [-0.15, -0.1) is 0 Å². The molecule has 6 aliphatic carbocycles. The lowest BCUT2D eigenvalue weighted by Gasteiger charge is -2.72. The number of carboxylic acid groups (broad SMARTS) is 1. The van der Waals surface area contributed by atoms with E-state index >= 15 is 0 Å².